The number of benzene rings is 1. The number of H-pyrrole nitrogens is 1. The van der Waals surface area contributed by atoms with Gasteiger partial charge in [-0.1, -0.05) is 25.1 Å². The molecule has 0 amide bonds. The van der Waals surface area contributed by atoms with Crippen molar-refractivity contribution in [2.45, 2.75) is 38.8 Å². The van der Waals surface area contributed by atoms with Gasteiger partial charge in [0, 0.05) is 12.8 Å². The fourth-order valence-corrected chi connectivity index (χ4v) is 2.74. The molecule has 0 saturated heterocycles. The van der Waals surface area contributed by atoms with Crippen LogP contribution < -0.4 is 4.74 Å². The van der Waals surface area contributed by atoms with E-state index in [0.717, 1.165) is 37.4 Å². The average molecular weight is 275 g/mol. The smallest absolute Gasteiger partial charge is 0.195 e. The highest BCUT2D eigenvalue weighted by molar-refractivity contribution is 7.71. The maximum absolute atomic E-state index is 5.96. The number of hydrogen-bond donors (Lipinski definition) is 1. The van der Waals surface area contributed by atoms with Gasteiger partial charge in [0.05, 0.1) is 6.54 Å². The quantitative estimate of drug-likeness (QED) is 0.872. The first-order chi connectivity index (χ1) is 9.28. The standard InChI is InChI=1S/C14H17N3OS/c1-2-5-13-15-16-14(19)17(13)9-11-8-10-6-3-4-7-12(10)18-11/h3-4,6-7,11H,2,5,8-9H2,1H3,(H,16,19). The largest absolute Gasteiger partial charge is 0.488 e. The van der Waals surface area contributed by atoms with E-state index in [1.165, 1.54) is 5.56 Å². The van der Waals surface area contributed by atoms with E-state index in [1.54, 1.807) is 0 Å². The number of rotatable bonds is 4. The Bertz CT molecular complexity index is 607. The third kappa shape index (κ3) is 2.42. The Labute approximate surface area is 117 Å². The molecule has 1 atom stereocenters. The van der Waals surface area contributed by atoms with Crippen molar-refractivity contribution in [1.29, 1.82) is 0 Å². The molecule has 0 spiro atoms. The molecule has 1 aromatic carbocycles. The molecule has 1 N–H and O–H groups in total. The first kappa shape index (κ1) is 12.4. The van der Waals surface area contributed by atoms with E-state index in [2.05, 4.69) is 33.8 Å². The summed E-state index contributed by atoms with van der Waals surface area (Å²) in [6.45, 7) is 2.91. The highest BCUT2D eigenvalue weighted by Crippen LogP contribution is 2.28. The number of aryl methyl sites for hydroxylation is 1. The lowest BCUT2D eigenvalue weighted by Crippen LogP contribution is -2.22. The summed E-state index contributed by atoms with van der Waals surface area (Å²) in [4.78, 5) is 0. The normalized spacial score (nSPS) is 17.2. The molecule has 1 aliphatic heterocycles. The molecule has 1 aliphatic rings. The third-order valence-electron chi connectivity index (χ3n) is 3.41. The SMILES string of the molecule is CCCc1n[nH]c(=S)n1CC1Cc2ccccc2O1. The topological polar surface area (TPSA) is 42.8 Å². The first-order valence-corrected chi connectivity index (χ1v) is 7.07. The van der Waals surface area contributed by atoms with Crippen LogP contribution in [0.25, 0.3) is 0 Å². The molecule has 2 heterocycles. The highest BCUT2D eigenvalue weighted by Gasteiger charge is 2.23. The van der Waals surface area contributed by atoms with Crippen molar-refractivity contribution in [2.75, 3.05) is 0 Å². The van der Waals surface area contributed by atoms with Crippen LogP contribution in [-0.2, 0) is 19.4 Å². The summed E-state index contributed by atoms with van der Waals surface area (Å²) >= 11 is 5.30. The zero-order valence-corrected chi connectivity index (χ0v) is 11.7. The van der Waals surface area contributed by atoms with Gasteiger partial charge in [0.1, 0.15) is 17.7 Å². The van der Waals surface area contributed by atoms with E-state index < -0.39 is 0 Å². The Morgan fingerprint density at radius 2 is 2.32 bits per heavy atom. The minimum absolute atomic E-state index is 0.150. The Kier molecular flexibility index (Phi) is 3.38. The van der Waals surface area contributed by atoms with Crippen LogP contribution >= 0.6 is 12.2 Å². The number of fused-ring (bicyclic) bond motifs is 1. The van der Waals surface area contributed by atoms with Crippen molar-refractivity contribution < 1.29 is 4.74 Å². The van der Waals surface area contributed by atoms with Crippen LogP contribution in [-0.4, -0.2) is 20.9 Å². The zero-order chi connectivity index (χ0) is 13.2. The predicted molar refractivity (Wildman–Crippen MR) is 76.0 cm³/mol. The van der Waals surface area contributed by atoms with Gasteiger partial charge < -0.3 is 9.30 Å². The van der Waals surface area contributed by atoms with Gasteiger partial charge in [-0.15, -0.1) is 0 Å². The monoisotopic (exact) mass is 275 g/mol. The van der Waals surface area contributed by atoms with E-state index in [-0.39, 0.29) is 6.10 Å². The van der Waals surface area contributed by atoms with Crippen LogP contribution in [0.5, 0.6) is 5.75 Å². The first-order valence-electron chi connectivity index (χ1n) is 6.66. The lowest BCUT2D eigenvalue weighted by atomic mass is 10.1. The van der Waals surface area contributed by atoms with Crippen LogP contribution in [0.3, 0.4) is 0 Å². The van der Waals surface area contributed by atoms with Crippen molar-refractivity contribution in [1.82, 2.24) is 14.8 Å². The number of hydrogen-bond acceptors (Lipinski definition) is 3. The maximum Gasteiger partial charge on any atom is 0.195 e. The molecule has 0 aliphatic carbocycles. The van der Waals surface area contributed by atoms with E-state index >= 15 is 0 Å². The van der Waals surface area contributed by atoms with Crippen molar-refractivity contribution in [3.05, 3.63) is 40.4 Å². The van der Waals surface area contributed by atoms with Gasteiger partial charge in [-0.2, -0.15) is 5.10 Å². The minimum Gasteiger partial charge on any atom is -0.488 e. The summed E-state index contributed by atoms with van der Waals surface area (Å²) in [5.74, 6) is 2.02. The fraction of sp³-hybridized carbons (Fsp3) is 0.429. The van der Waals surface area contributed by atoms with E-state index in [4.69, 9.17) is 17.0 Å². The molecule has 3 rings (SSSR count). The molecule has 5 heteroatoms. The Morgan fingerprint density at radius 1 is 1.47 bits per heavy atom. The fourth-order valence-electron chi connectivity index (χ4n) is 2.51. The molecule has 1 aromatic heterocycles. The molecule has 2 aromatic rings. The molecule has 0 bridgehead atoms. The van der Waals surface area contributed by atoms with Gasteiger partial charge in [-0.25, -0.2) is 0 Å². The summed E-state index contributed by atoms with van der Waals surface area (Å²) in [5.41, 5.74) is 1.28. The predicted octanol–water partition coefficient (Wildman–Crippen LogP) is 2.90. The lowest BCUT2D eigenvalue weighted by Gasteiger charge is -2.12. The van der Waals surface area contributed by atoms with Crippen molar-refractivity contribution >= 4 is 12.2 Å². The van der Waals surface area contributed by atoms with Crippen LogP contribution in [0.1, 0.15) is 24.7 Å². The third-order valence-corrected chi connectivity index (χ3v) is 3.72. The van der Waals surface area contributed by atoms with E-state index in [9.17, 15) is 0 Å². The second-order valence-electron chi connectivity index (χ2n) is 4.86. The number of ether oxygens (including phenoxy) is 1. The molecule has 0 radical (unpaired) electrons. The van der Waals surface area contributed by atoms with Crippen molar-refractivity contribution in [3.8, 4) is 5.75 Å². The number of para-hydroxylation sites is 1. The van der Waals surface area contributed by atoms with E-state index in [1.807, 2.05) is 12.1 Å². The molecule has 0 saturated carbocycles. The molecule has 19 heavy (non-hydrogen) atoms. The van der Waals surface area contributed by atoms with Gasteiger partial charge in [0.25, 0.3) is 0 Å². The molecule has 4 nitrogen and oxygen atoms in total. The van der Waals surface area contributed by atoms with Crippen LogP contribution in [0.4, 0.5) is 0 Å². The van der Waals surface area contributed by atoms with Gasteiger partial charge >= 0.3 is 0 Å². The Hall–Kier alpha value is -1.62. The average Bonchev–Trinajstić information content (AvgIpc) is 2.96. The van der Waals surface area contributed by atoms with Gasteiger partial charge in [-0.05, 0) is 30.3 Å². The van der Waals surface area contributed by atoms with Crippen LogP contribution in [0.2, 0.25) is 0 Å². The summed E-state index contributed by atoms with van der Waals surface area (Å²) in [7, 11) is 0. The zero-order valence-electron chi connectivity index (χ0n) is 10.9. The number of aromatic nitrogens is 3. The lowest BCUT2D eigenvalue weighted by molar-refractivity contribution is 0.207. The molecule has 100 valence electrons. The molecule has 1 unspecified atom stereocenters. The molecular formula is C14H17N3OS. The maximum atomic E-state index is 5.96. The highest BCUT2D eigenvalue weighted by atomic mass is 32.1. The summed E-state index contributed by atoms with van der Waals surface area (Å²) in [5, 5.41) is 7.16. The van der Waals surface area contributed by atoms with E-state index in [0.29, 0.717) is 4.77 Å². The second-order valence-corrected chi connectivity index (χ2v) is 5.24. The second kappa shape index (κ2) is 5.17. The molecular weight excluding hydrogens is 258 g/mol. The minimum atomic E-state index is 0.150. The van der Waals surface area contributed by atoms with Gasteiger partial charge in [0.15, 0.2) is 4.77 Å². The summed E-state index contributed by atoms with van der Waals surface area (Å²) < 4.78 is 8.71. The van der Waals surface area contributed by atoms with Gasteiger partial charge in [-0.3, -0.25) is 5.10 Å². The van der Waals surface area contributed by atoms with Gasteiger partial charge in [0.2, 0.25) is 0 Å². The number of aromatic amines is 1. The summed E-state index contributed by atoms with van der Waals surface area (Å²) in [6, 6.07) is 8.21. The number of nitrogens with zero attached hydrogens (tertiary/aromatic N) is 2. The van der Waals surface area contributed by atoms with Crippen LogP contribution in [0, 0.1) is 4.77 Å². The Morgan fingerprint density at radius 3 is 3.11 bits per heavy atom. The summed E-state index contributed by atoms with van der Waals surface area (Å²) in [6.07, 6.45) is 3.09. The van der Waals surface area contributed by atoms with Crippen LogP contribution in [0.15, 0.2) is 24.3 Å². The Balaban J connectivity index is 1.77. The van der Waals surface area contributed by atoms with Crippen molar-refractivity contribution in [2.24, 2.45) is 0 Å². The van der Waals surface area contributed by atoms with Crippen molar-refractivity contribution in [3.63, 3.8) is 0 Å². The molecule has 0 fully saturated rings. The number of nitrogens with one attached hydrogen (secondary N) is 1.